The lowest BCUT2D eigenvalue weighted by Crippen LogP contribution is -2.51. The van der Waals surface area contributed by atoms with Gasteiger partial charge in [0.05, 0.1) is 13.2 Å². The number of likely N-dealkylation sites (tertiary alicyclic amines) is 1. The lowest BCUT2D eigenvalue weighted by molar-refractivity contribution is -0.136. The maximum atomic E-state index is 14.2. The number of carbonyl (C=O) groups is 1. The summed E-state index contributed by atoms with van der Waals surface area (Å²) in [6.07, 6.45) is -0.597. The number of ether oxygens (including phenoxy) is 2. The molecule has 2 fully saturated rings. The molecule has 1 saturated carbocycles. The highest BCUT2D eigenvalue weighted by atomic mass is 35.5. The Morgan fingerprint density at radius 3 is 2.59 bits per heavy atom. The first kappa shape index (κ1) is 21.6. The second-order valence-electron chi connectivity index (χ2n) is 6.73. The topological polar surface area (TPSA) is 63.7 Å². The van der Waals surface area contributed by atoms with Crippen molar-refractivity contribution in [2.75, 3.05) is 20.2 Å². The number of alkyl halides is 2. The summed E-state index contributed by atoms with van der Waals surface area (Å²) in [5.41, 5.74) is 0.348. The first-order valence-electron chi connectivity index (χ1n) is 8.59. The Morgan fingerprint density at radius 2 is 2.07 bits per heavy atom. The number of hydrogen-bond donors (Lipinski definition) is 1. The molecule has 27 heavy (non-hydrogen) atoms. The molecular formula is C17H23ClF3N3O3. The zero-order valence-corrected chi connectivity index (χ0v) is 16.0. The minimum Gasteiger partial charge on any atom is -0.481 e. The van der Waals surface area contributed by atoms with E-state index in [0.29, 0.717) is 5.56 Å². The van der Waals surface area contributed by atoms with E-state index in [-0.39, 0.29) is 42.7 Å². The molecule has 0 bridgehead atoms. The molecule has 2 heterocycles. The van der Waals surface area contributed by atoms with Crippen LogP contribution in [0.4, 0.5) is 13.2 Å². The summed E-state index contributed by atoms with van der Waals surface area (Å²) in [7, 11) is 1.36. The Bertz CT molecular complexity index is 681. The highest BCUT2D eigenvalue weighted by Crippen LogP contribution is 2.40. The molecule has 1 saturated heterocycles. The number of nitrogens with one attached hydrogen (secondary N) is 1. The number of aromatic nitrogens is 1. The van der Waals surface area contributed by atoms with Crippen molar-refractivity contribution in [3.05, 3.63) is 17.4 Å². The van der Waals surface area contributed by atoms with E-state index in [2.05, 4.69) is 10.3 Å². The van der Waals surface area contributed by atoms with Crippen LogP contribution in [0.5, 0.6) is 11.8 Å². The summed E-state index contributed by atoms with van der Waals surface area (Å²) in [4.78, 5) is 18.1. The van der Waals surface area contributed by atoms with E-state index in [0.717, 1.165) is 25.6 Å². The van der Waals surface area contributed by atoms with Crippen LogP contribution in [0.2, 0.25) is 0 Å². The van der Waals surface area contributed by atoms with Crippen molar-refractivity contribution in [1.29, 1.82) is 0 Å². The van der Waals surface area contributed by atoms with Crippen LogP contribution < -0.4 is 14.8 Å². The van der Waals surface area contributed by atoms with Gasteiger partial charge in [0.25, 0.3) is 11.8 Å². The lowest BCUT2D eigenvalue weighted by Gasteiger charge is -2.35. The molecule has 1 aliphatic heterocycles. The van der Waals surface area contributed by atoms with E-state index in [1.807, 2.05) is 11.8 Å². The van der Waals surface area contributed by atoms with Crippen molar-refractivity contribution in [3.63, 3.8) is 0 Å². The SMILES string of the molecule is COc1nc(OC2CC(F)(F)C2)c(F)cc1CNC(=O)[C@H](C)N1CCC1.Cl. The fourth-order valence-corrected chi connectivity index (χ4v) is 2.95. The third kappa shape index (κ3) is 4.95. The maximum Gasteiger partial charge on any atom is 0.255 e. The number of nitrogens with zero attached hydrogens (tertiary/aromatic N) is 2. The van der Waals surface area contributed by atoms with Crippen LogP contribution in [0, 0.1) is 5.82 Å². The van der Waals surface area contributed by atoms with Crippen molar-refractivity contribution in [2.45, 2.75) is 50.8 Å². The second-order valence-corrected chi connectivity index (χ2v) is 6.73. The molecule has 2 aliphatic rings. The molecule has 0 spiro atoms. The fraction of sp³-hybridized carbons (Fsp3) is 0.647. The van der Waals surface area contributed by atoms with Gasteiger partial charge >= 0.3 is 0 Å². The zero-order valence-electron chi connectivity index (χ0n) is 15.1. The first-order valence-corrected chi connectivity index (χ1v) is 8.59. The van der Waals surface area contributed by atoms with Crippen LogP contribution in [0.3, 0.4) is 0 Å². The molecule has 10 heteroatoms. The van der Waals surface area contributed by atoms with Crippen LogP contribution in [0.25, 0.3) is 0 Å². The summed E-state index contributed by atoms with van der Waals surface area (Å²) in [5.74, 6) is -3.98. The fourth-order valence-electron chi connectivity index (χ4n) is 2.95. The van der Waals surface area contributed by atoms with Gasteiger partial charge in [-0.25, -0.2) is 13.2 Å². The number of methoxy groups -OCH3 is 1. The zero-order chi connectivity index (χ0) is 18.9. The molecule has 1 aromatic heterocycles. The summed E-state index contributed by atoms with van der Waals surface area (Å²) >= 11 is 0. The summed E-state index contributed by atoms with van der Waals surface area (Å²) < 4.78 is 50.2. The molecule has 0 unspecified atom stereocenters. The third-order valence-corrected chi connectivity index (χ3v) is 4.78. The quantitative estimate of drug-likeness (QED) is 0.749. The summed E-state index contributed by atoms with van der Waals surface area (Å²) in [6, 6.07) is 0.891. The van der Waals surface area contributed by atoms with Crippen molar-refractivity contribution >= 4 is 18.3 Å². The smallest absolute Gasteiger partial charge is 0.255 e. The monoisotopic (exact) mass is 409 g/mol. The van der Waals surface area contributed by atoms with Crippen LogP contribution in [0.15, 0.2) is 6.07 Å². The number of halogens is 4. The Balaban J connectivity index is 0.00000261. The van der Waals surface area contributed by atoms with E-state index >= 15 is 0 Å². The van der Waals surface area contributed by atoms with Gasteiger partial charge in [-0.3, -0.25) is 9.69 Å². The van der Waals surface area contributed by atoms with Crippen molar-refractivity contribution in [1.82, 2.24) is 15.2 Å². The van der Waals surface area contributed by atoms with Crippen molar-refractivity contribution in [3.8, 4) is 11.8 Å². The van der Waals surface area contributed by atoms with Gasteiger partial charge in [-0.2, -0.15) is 4.98 Å². The van der Waals surface area contributed by atoms with Crippen LogP contribution in [-0.2, 0) is 11.3 Å². The number of amides is 1. The van der Waals surface area contributed by atoms with Crippen LogP contribution in [0.1, 0.15) is 31.7 Å². The van der Waals surface area contributed by atoms with E-state index in [1.54, 1.807) is 0 Å². The highest BCUT2D eigenvalue weighted by Gasteiger charge is 2.47. The van der Waals surface area contributed by atoms with Gasteiger partial charge in [-0.05, 0) is 19.4 Å². The minimum absolute atomic E-state index is 0. The van der Waals surface area contributed by atoms with Gasteiger partial charge in [0.1, 0.15) is 6.10 Å². The lowest BCUT2D eigenvalue weighted by atomic mass is 9.91. The predicted octanol–water partition coefficient (Wildman–Crippen LogP) is 2.54. The molecule has 6 nitrogen and oxygen atoms in total. The molecular weight excluding hydrogens is 387 g/mol. The number of hydrogen-bond acceptors (Lipinski definition) is 5. The van der Waals surface area contributed by atoms with Crippen molar-refractivity contribution < 1.29 is 27.4 Å². The van der Waals surface area contributed by atoms with Gasteiger partial charge in [0, 0.05) is 38.0 Å². The van der Waals surface area contributed by atoms with Crippen molar-refractivity contribution in [2.24, 2.45) is 0 Å². The Morgan fingerprint density at radius 1 is 1.41 bits per heavy atom. The van der Waals surface area contributed by atoms with Crippen LogP contribution >= 0.6 is 12.4 Å². The second kappa shape index (κ2) is 8.52. The Labute approximate surface area is 161 Å². The van der Waals surface area contributed by atoms with Gasteiger partial charge in [-0.15, -0.1) is 12.4 Å². The van der Waals surface area contributed by atoms with Gasteiger partial charge < -0.3 is 14.8 Å². The normalized spacial score (nSPS) is 19.9. The average Bonchev–Trinajstić information content (AvgIpc) is 2.51. The van der Waals surface area contributed by atoms with E-state index < -0.39 is 30.7 Å². The van der Waals surface area contributed by atoms with Gasteiger partial charge in [0.2, 0.25) is 11.8 Å². The predicted molar refractivity (Wildman–Crippen MR) is 94.1 cm³/mol. The Hall–Kier alpha value is -1.74. The molecule has 1 aliphatic carbocycles. The van der Waals surface area contributed by atoms with E-state index in [9.17, 15) is 18.0 Å². The largest absolute Gasteiger partial charge is 0.481 e. The summed E-state index contributed by atoms with van der Waals surface area (Å²) in [6.45, 7) is 3.64. The third-order valence-electron chi connectivity index (χ3n) is 4.78. The molecule has 1 aromatic rings. The minimum atomic E-state index is -2.76. The van der Waals surface area contributed by atoms with Gasteiger partial charge in [-0.1, -0.05) is 0 Å². The summed E-state index contributed by atoms with van der Waals surface area (Å²) in [5, 5.41) is 2.74. The maximum absolute atomic E-state index is 14.2. The van der Waals surface area contributed by atoms with Gasteiger partial charge in [0.15, 0.2) is 5.82 Å². The van der Waals surface area contributed by atoms with E-state index in [4.69, 9.17) is 9.47 Å². The Kier molecular flexibility index (Phi) is 6.80. The molecule has 1 amide bonds. The molecule has 0 aromatic carbocycles. The average molecular weight is 410 g/mol. The van der Waals surface area contributed by atoms with E-state index in [1.165, 1.54) is 7.11 Å². The molecule has 152 valence electrons. The molecule has 3 rings (SSSR count). The molecule has 1 atom stereocenters. The number of carbonyl (C=O) groups excluding carboxylic acids is 1. The number of pyridine rings is 1. The molecule has 1 N–H and O–H groups in total. The first-order chi connectivity index (χ1) is 12.3. The number of rotatable bonds is 7. The molecule has 0 radical (unpaired) electrons. The standard InChI is InChI=1S/C17H22F3N3O3.ClH/c1-10(23-4-3-5-23)14(24)21-9-11-6-13(18)16(22-15(11)25-2)26-12-7-17(19,20)8-12;/h6,10,12H,3-5,7-9H2,1-2H3,(H,21,24);1H/t10-;/m0./s1. The highest BCUT2D eigenvalue weighted by molar-refractivity contribution is 5.85. The van der Waals surface area contributed by atoms with Crippen LogP contribution in [-0.4, -0.2) is 54.1 Å².